The maximum Gasteiger partial charge on any atom is 0.191 e. The van der Waals surface area contributed by atoms with Crippen molar-refractivity contribution in [3.05, 3.63) is 54.5 Å². The van der Waals surface area contributed by atoms with Crippen molar-refractivity contribution in [1.29, 1.82) is 0 Å². The number of rotatable bonds is 6. The molecule has 3 rings (SSSR count). The van der Waals surface area contributed by atoms with E-state index in [1.54, 1.807) is 6.26 Å². The molecule has 0 amide bonds. The van der Waals surface area contributed by atoms with Crippen LogP contribution in [0.2, 0.25) is 0 Å². The molecule has 27 heavy (non-hydrogen) atoms. The van der Waals surface area contributed by atoms with E-state index in [-0.39, 0.29) is 30.0 Å². The molecule has 2 atom stereocenters. The molecule has 148 valence electrons. The second-order valence-electron chi connectivity index (χ2n) is 6.86. The van der Waals surface area contributed by atoms with Crippen molar-refractivity contribution in [2.75, 3.05) is 45.7 Å². The van der Waals surface area contributed by atoms with E-state index in [1.807, 2.05) is 19.2 Å². The first-order valence-electron chi connectivity index (χ1n) is 9.14. The quantitative estimate of drug-likeness (QED) is 0.376. The van der Waals surface area contributed by atoms with E-state index in [9.17, 15) is 0 Å². The minimum Gasteiger partial charge on any atom is -0.468 e. The first kappa shape index (κ1) is 21.6. The van der Waals surface area contributed by atoms with Crippen LogP contribution >= 0.6 is 24.0 Å². The molecule has 1 fully saturated rings. The minimum absolute atomic E-state index is 0. The van der Waals surface area contributed by atoms with Crippen LogP contribution in [0.25, 0.3) is 0 Å². The van der Waals surface area contributed by atoms with Crippen LogP contribution in [0.5, 0.6) is 0 Å². The number of para-hydroxylation sites is 1. The molecule has 1 aromatic carbocycles. The zero-order chi connectivity index (χ0) is 18.4. The molecule has 0 radical (unpaired) electrons. The topological polar surface area (TPSA) is 56.0 Å². The lowest BCUT2D eigenvalue weighted by atomic mass is 10.2. The van der Waals surface area contributed by atoms with Crippen molar-refractivity contribution < 1.29 is 4.42 Å². The fraction of sp³-hybridized carbons (Fsp3) is 0.450. The lowest BCUT2D eigenvalue weighted by Gasteiger charge is -2.25. The molecule has 0 bridgehead atoms. The summed E-state index contributed by atoms with van der Waals surface area (Å²) in [7, 11) is 5.93. The Morgan fingerprint density at radius 3 is 2.67 bits per heavy atom. The molecule has 1 aromatic heterocycles. The van der Waals surface area contributed by atoms with Gasteiger partial charge in [-0.05, 0) is 44.8 Å². The first-order valence-corrected chi connectivity index (χ1v) is 9.14. The standard InChI is InChI=1S/C20H29N5O.HI/c1-21-20(22-14-18(24(2)3)19-10-7-13-26-19)23-16-11-12-25(15-16)17-8-5-4-6-9-17;/h4-10,13,16,18H,11-12,14-15H2,1-3H3,(H2,21,22,23);1H. The Morgan fingerprint density at radius 1 is 1.26 bits per heavy atom. The molecule has 1 saturated heterocycles. The summed E-state index contributed by atoms with van der Waals surface area (Å²) in [4.78, 5) is 8.95. The van der Waals surface area contributed by atoms with Gasteiger partial charge in [0.1, 0.15) is 5.76 Å². The molecule has 2 unspecified atom stereocenters. The molecule has 1 aliphatic rings. The zero-order valence-corrected chi connectivity index (χ0v) is 18.6. The van der Waals surface area contributed by atoms with Crippen LogP contribution in [0, 0.1) is 0 Å². The van der Waals surface area contributed by atoms with Gasteiger partial charge in [-0.3, -0.25) is 9.89 Å². The van der Waals surface area contributed by atoms with Crippen molar-refractivity contribution in [1.82, 2.24) is 15.5 Å². The van der Waals surface area contributed by atoms with Crippen LogP contribution in [0.4, 0.5) is 5.69 Å². The van der Waals surface area contributed by atoms with Crippen LogP contribution in [0.3, 0.4) is 0 Å². The number of hydrogen-bond donors (Lipinski definition) is 2. The zero-order valence-electron chi connectivity index (χ0n) is 16.3. The van der Waals surface area contributed by atoms with Gasteiger partial charge in [0.2, 0.25) is 0 Å². The van der Waals surface area contributed by atoms with E-state index in [4.69, 9.17) is 4.42 Å². The first-order chi connectivity index (χ1) is 12.7. The van der Waals surface area contributed by atoms with Crippen molar-refractivity contribution in [2.45, 2.75) is 18.5 Å². The number of benzene rings is 1. The average Bonchev–Trinajstić information content (AvgIpc) is 3.33. The lowest BCUT2D eigenvalue weighted by molar-refractivity contribution is 0.258. The van der Waals surface area contributed by atoms with Gasteiger partial charge >= 0.3 is 0 Å². The maximum atomic E-state index is 5.57. The van der Waals surface area contributed by atoms with Crippen LogP contribution in [0.1, 0.15) is 18.2 Å². The third kappa shape index (κ3) is 5.87. The summed E-state index contributed by atoms with van der Waals surface area (Å²) in [6.07, 6.45) is 2.82. The van der Waals surface area contributed by atoms with E-state index < -0.39 is 0 Å². The highest BCUT2D eigenvalue weighted by atomic mass is 127. The van der Waals surface area contributed by atoms with Gasteiger partial charge in [0, 0.05) is 38.4 Å². The summed E-state index contributed by atoms with van der Waals surface area (Å²) < 4.78 is 5.57. The number of anilines is 1. The van der Waals surface area contributed by atoms with Crippen LogP contribution in [-0.4, -0.2) is 57.7 Å². The van der Waals surface area contributed by atoms with Crippen LogP contribution < -0.4 is 15.5 Å². The average molecular weight is 483 g/mol. The highest BCUT2D eigenvalue weighted by molar-refractivity contribution is 14.0. The fourth-order valence-electron chi connectivity index (χ4n) is 3.35. The molecule has 6 nitrogen and oxygen atoms in total. The van der Waals surface area contributed by atoms with E-state index in [1.165, 1.54) is 5.69 Å². The summed E-state index contributed by atoms with van der Waals surface area (Å²) in [6, 6.07) is 15.1. The van der Waals surface area contributed by atoms with Crippen LogP contribution in [0.15, 0.2) is 58.1 Å². The Morgan fingerprint density at radius 2 is 2.04 bits per heavy atom. The fourth-order valence-corrected chi connectivity index (χ4v) is 3.35. The van der Waals surface area contributed by atoms with E-state index in [0.717, 1.165) is 37.8 Å². The third-order valence-electron chi connectivity index (χ3n) is 4.83. The van der Waals surface area contributed by atoms with E-state index in [0.29, 0.717) is 6.04 Å². The summed E-state index contributed by atoms with van der Waals surface area (Å²) in [5.41, 5.74) is 1.28. The Hall–Kier alpha value is -1.74. The SMILES string of the molecule is CN=C(NCC(c1ccco1)N(C)C)NC1CCN(c2ccccc2)C1.I. The Bertz CT molecular complexity index is 690. The van der Waals surface area contributed by atoms with Gasteiger partial charge in [0.05, 0.1) is 12.3 Å². The number of likely N-dealkylation sites (N-methyl/N-ethyl adjacent to an activating group) is 1. The summed E-state index contributed by atoms with van der Waals surface area (Å²) in [5, 5.41) is 6.99. The largest absolute Gasteiger partial charge is 0.468 e. The van der Waals surface area contributed by atoms with E-state index in [2.05, 4.69) is 69.9 Å². The van der Waals surface area contributed by atoms with Crippen molar-refractivity contribution in [2.24, 2.45) is 4.99 Å². The predicted molar refractivity (Wildman–Crippen MR) is 122 cm³/mol. The van der Waals surface area contributed by atoms with E-state index >= 15 is 0 Å². The van der Waals surface area contributed by atoms with Crippen LogP contribution in [-0.2, 0) is 0 Å². The maximum absolute atomic E-state index is 5.57. The van der Waals surface area contributed by atoms with Crippen molar-refractivity contribution in [3.63, 3.8) is 0 Å². The molecule has 0 saturated carbocycles. The molecule has 2 aromatic rings. The smallest absolute Gasteiger partial charge is 0.191 e. The second-order valence-corrected chi connectivity index (χ2v) is 6.86. The molecular weight excluding hydrogens is 453 g/mol. The molecule has 0 aliphatic carbocycles. The highest BCUT2D eigenvalue weighted by Gasteiger charge is 2.24. The molecule has 7 heteroatoms. The molecular formula is C20H30IN5O. The van der Waals surface area contributed by atoms with Gasteiger partial charge in [-0.25, -0.2) is 0 Å². The number of nitrogens with zero attached hydrogens (tertiary/aromatic N) is 3. The molecule has 2 N–H and O–H groups in total. The number of furan rings is 1. The summed E-state index contributed by atoms with van der Waals surface area (Å²) in [5.74, 6) is 1.79. The number of halogens is 1. The summed E-state index contributed by atoms with van der Waals surface area (Å²) >= 11 is 0. The van der Waals surface area contributed by atoms with Gasteiger partial charge in [0.25, 0.3) is 0 Å². The number of hydrogen-bond acceptors (Lipinski definition) is 4. The normalized spacial score (nSPS) is 18.3. The Kier molecular flexibility index (Phi) is 8.43. The van der Waals surface area contributed by atoms with Gasteiger partial charge in [0.15, 0.2) is 5.96 Å². The van der Waals surface area contributed by atoms with Crippen molar-refractivity contribution in [3.8, 4) is 0 Å². The molecule has 2 heterocycles. The number of aliphatic imine (C=N–C) groups is 1. The van der Waals surface area contributed by atoms with Gasteiger partial charge in [-0.2, -0.15) is 0 Å². The van der Waals surface area contributed by atoms with Gasteiger partial charge in [-0.15, -0.1) is 24.0 Å². The second kappa shape index (κ2) is 10.6. The summed E-state index contributed by atoms with van der Waals surface area (Å²) in [6.45, 7) is 2.78. The molecule has 0 spiro atoms. The monoisotopic (exact) mass is 483 g/mol. The Labute approximate surface area is 179 Å². The minimum atomic E-state index is 0. The highest BCUT2D eigenvalue weighted by Crippen LogP contribution is 2.20. The predicted octanol–water partition coefficient (Wildman–Crippen LogP) is 2.94. The Balaban J connectivity index is 0.00000261. The lowest BCUT2D eigenvalue weighted by Crippen LogP contribution is -2.46. The number of guanidine groups is 1. The van der Waals surface area contributed by atoms with Gasteiger partial charge < -0.3 is 20.0 Å². The number of nitrogens with one attached hydrogen (secondary N) is 2. The third-order valence-corrected chi connectivity index (χ3v) is 4.83. The van der Waals surface area contributed by atoms with Gasteiger partial charge in [-0.1, -0.05) is 18.2 Å². The van der Waals surface area contributed by atoms with Crippen molar-refractivity contribution >= 4 is 35.6 Å². The molecule has 1 aliphatic heterocycles.